The Morgan fingerprint density at radius 2 is 1.76 bits per heavy atom. The van der Waals surface area contributed by atoms with Crippen molar-refractivity contribution in [3.8, 4) is 6.07 Å². The van der Waals surface area contributed by atoms with E-state index in [0.717, 1.165) is 32.3 Å². The van der Waals surface area contributed by atoms with E-state index in [2.05, 4.69) is 52.1 Å². The van der Waals surface area contributed by atoms with Gasteiger partial charge in [0.25, 0.3) is 0 Å². The third kappa shape index (κ3) is 3.17. The highest BCUT2D eigenvalue weighted by molar-refractivity contribution is 7.80. The Labute approximate surface area is 171 Å². The third-order valence-corrected chi connectivity index (χ3v) is 5.22. The first-order chi connectivity index (χ1) is 14.2. The van der Waals surface area contributed by atoms with Gasteiger partial charge in [0, 0.05) is 0 Å². The minimum atomic E-state index is -0.437. The fraction of sp³-hybridized carbons (Fsp3) is 0.0952. The predicted octanol–water partition coefficient (Wildman–Crippen LogP) is 3.20. The third-order valence-electron chi connectivity index (χ3n) is 4.84. The van der Waals surface area contributed by atoms with Crippen LogP contribution in [-0.2, 0) is 9.88 Å². The Morgan fingerprint density at radius 1 is 1.10 bits per heavy atom. The number of hydroxylamine groups is 1. The molecule has 0 atom stereocenters. The summed E-state index contributed by atoms with van der Waals surface area (Å²) in [6.45, 7) is 0.629. The molecule has 2 N–H and O–H groups in total. The van der Waals surface area contributed by atoms with Gasteiger partial charge in [0.15, 0.2) is 10.7 Å². The fourth-order valence-corrected chi connectivity index (χ4v) is 3.57. The average Bonchev–Trinajstić information content (AvgIpc) is 3.01. The van der Waals surface area contributed by atoms with E-state index < -0.39 is 6.35 Å². The average molecular weight is 401 g/mol. The van der Waals surface area contributed by atoms with Gasteiger partial charge in [-0.25, -0.2) is 0 Å². The first kappa shape index (κ1) is 17.9. The molecule has 0 bridgehead atoms. The molecule has 1 saturated heterocycles. The van der Waals surface area contributed by atoms with Gasteiger partial charge in [-0.1, -0.05) is 70.9 Å². The predicted molar refractivity (Wildman–Crippen MR) is 114 cm³/mol. The van der Waals surface area contributed by atoms with Crippen LogP contribution in [-0.4, -0.2) is 28.9 Å². The number of nitrogens with zero attached hydrogens (tertiary/aromatic N) is 3. The number of benzene rings is 3. The van der Waals surface area contributed by atoms with Crippen LogP contribution in [0.15, 0.2) is 65.3 Å². The Morgan fingerprint density at radius 3 is 2.34 bits per heavy atom. The maximum Gasteiger partial charge on any atom is 0.202 e. The van der Waals surface area contributed by atoms with E-state index in [1.165, 1.54) is 0 Å². The smallest absolute Gasteiger partial charge is 0.202 e. The zero-order valence-corrected chi connectivity index (χ0v) is 15.9. The lowest BCUT2D eigenvalue weighted by molar-refractivity contribution is -0.437. The highest BCUT2D eigenvalue weighted by atomic mass is 32.1. The summed E-state index contributed by atoms with van der Waals surface area (Å²) in [6.07, 6.45) is 1.46. The van der Waals surface area contributed by atoms with Gasteiger partial charge in [0.05, 0.1) is 12.2 Å². The number of rotatable bonds is 4. The summed E-state index contributed by atoms with van der Waals surface area (Å²) in [6, 6.07) is 20.5. The number of hydrogen-bond acceptors (Lipinski definition) is 7. The van der Waals surface area contributed by atoms with Gasteiger partial charge < -0.3 is 0 Å². The lowest BCUT2D eigenvalue weighted by atomic mass is 9.94. The molecule has 29 heavy (non-hydrogen) atoms. The molecule has 3 aromatic rings. The van der Waals surface area contributed by atoms with Crippen LogP contribution >= 0.6 is 12.2 Å². The normalized spacial score (nSPS) is 18.3. The van der Waals surface area contributed by atoms with Crippen molar-refractivity contribution in [3.63, 3.8) is 0 Å². The zero-order chi connectivity index (χ0) is 19.8. The number of nitriles is 1. The van der Waals surface area contributed by atoms with E-state index in [-0.39, 0.29) is 10.7 Å². The molecule has 0 aromatic heterocycles. The monoisotopic (exact) mass is 401 g/mol. The first-order valence-electron chi connectivity index (χ1n) is 9.00. The van der Waals surface area contributed by atoms with Crippen LogP contribution < -0.4 is 10.6 Å². The van der Waals surface area contributed by atoms with Crippen molar-refractivity contribution in [2.24, 2.45) is 5.10 Å². The van der Waals surface area contributed by atoms with Crippen LogP contribution in [0.2, 0.25) is 0 Å². The Hall–Kier alpha value is -3.19. The van der Waals surface area contributed by atoms with Gasteiger partial charge in [-0.2, -0.15) is 10.1 Å². The van der Waals surface area contributed by atoms with Crippen LogP contribution in [0.3, 0.4) is 0 Å². The fourth-order valence-electron chi connectivity index (χ4n) is 3.34. The van der Waals surface area contributed by atoms with E-state index >= 15 is 0 Å². The van der Waals surface area contributed by atoms with Gasteiger partial charge >= 0.3 is 0 Å². The summed E-state index contributed by atoms with van der Waals surface area (Å²) in [7, 11) is 0. The zero-order valence-electron chi connectivity index (χ0n) is 15.1. The molecule has 7 nitrogen and oxygen atoms in total. The SMILES string of the molecule is N#CC1=NN(OOC2NCN2)C(=S)/C1=C\c1c2ccccc2cc2ccccc12. The molecule has 2 aliphatic heterocycles. The van der Waals surface area contributed by atoms with Gasteiger partial charge in [-0.05, 0) is 39.3 Å². The van der Waals surface area contributed by atoms with E-state index in [4.69, 9.17) is 22.1 Å². The highest BCUT2D eigenvalue weighted by Crippen LogP contribution is 2.31. The summed E-state index contributed by atoms with van der Waals surface area (Å²) in [5, 5.41) is 25.0. The molecule has 0 unspecified atom stereocenters. The molecule has 0 spiro atoms. The van der Waals surface area contributed by atoms with E-state index in [1.807, 2.05) is 30.3 Å². The Balaban J connectivity index is 1.60. The number of hydrogen-bond donors (Lipinski definition) is 2. The molecule has 0 amide bonds. The molecule has 2 heterocycles. The van der Waals surface area contributed by atoms with Crippen LogP contribution in [0, 0.1) is 11.3 Å². The summed E-state index contributed by atoms with van der Waals surface area (Å²) in [5.41, 5.74) is 1.66. The van der Waals surface area contributed by atoms with Crippen molar-refractivity contribution in [2.45, 2.75) is 6.35 Å². The molecule has 0 radical (unpaired) electrons. The maximum absolute atomic E-state index is 9.58. The Bertz CT molecular complexity index is 1190. The summed E-state index contributed by atoms with van der Waals surface area (Å²) >= 11 is 5.50. The van der Waals surface area contributed by atoms with E-state index in [9.17, 15) is 5.26 Å². The molecular formula is C21H15N5O2S. The van der Waals surface area contributed by atoms with Crippen molar-refractivity contribution >= 4 is 50.5 Å². The van der Waals surface area contributed by atoms with Crippen molar-refractivity contribution in [1.29, 1.82) is 5.26 Å². The lowest BCUT2D eigenvalue weighted by Crippen LogP contribution is -2.60. The maximum atomic E-state index is 9.58. The van der Waals surface area contributed by atoms with E-state index in [1.54, 1.807) is 0 Å². The van der Waals surface area contributed by atoms with Gasteiger partial charge in [0.2, 0.25) is 6.35 Å². The van der Waals surface area contributed by atoms with E-state index in [0.29, 0.717) is 12.2 Å². The van der Waals surface area contributed by atoms with Crippen LogP contribution in [0.5, 0.6) is 0 Å². The van der Waals surface area contributed by atoms with Gasteiger partial charge in [-0.3, -0.25) is 10.6 Å². The van der Waals surface area contributed by atoms with Crippen molar-refractivity contribution in [1.82, 2.24) is 15.8 Å². The van der Waals surface area contributed by atoms with Crippen molar-refractivity contribution in [2.75, 3.05) is 6.67 Å². The number of nitrogens with one attached hydrogen (secondary N) is 2. The minimum absolute atomic E-state index is 0.171. The second-order valence-corrected chi connectivity index (χ2v) is 6.95. The van der Waals surface area contributed by atoms with Crippen molar-refractivity contribution < 1.29 is 9.88 Å². The molecule has 2 aliphatic rings. The first-order valence-corrected chi connectivity index (χ1v) is 9.41. The number of thiocarbonyl (C=S) groups is 1. The molecular weight excluding hydrogens is 386 g/mol. The molecule has 0 saturated carbocycles. The summed E-state index contributed by atoms with van der Waals surface area (Å²) < 4.78 is 0. The molecule has 8 heteroatoms. The second-order valence-electron chi connectivity index (χ2n) is 6.56. The highest BCUT2D eigenvalue weighted by Gasteiger charge is 2.30. The van der Waals surface area contributed by atoms with Gasteiger partial charge in [0.1, 0.15) is 6.07 Å². The molecule has 3 aromatic carbocycles. The molecule has 5 rings (SSSR count). The van der Waals surface area contributed by atoms with Crippen molar-refractivity contribution in [3.05, 3.63) is 65.7 Å². The standard InChI is InChI=1S/C21H15N5O2S/c22-11-19-18(20(29)26(25-19)28-27-21-23-12-24-21)10-17-15-7-3-1-5-13(15)9-14-6-2-4-8-16(14)17/h1-10,21,23-24H,12H2/b18-10-. The number of hydrazone groups is 1. The molecule has 142 valence electrons. The number of fused-ring (bicyclic) bond motifs is 2. The van der Waals surface area contributed by atoms with Crippen LogP contribution in [0.4, 0.5) is 0 Å². The minimum Gasteiger partial charge on any atom is -0.264 e. The molecule has 0 aliphatic carbocycles. The quantitative estimate of drug-likeness (QED) is 0.228. The van der Waals surface area contributed by atoms with Crippen LogP contribution in [0.1, 0.15) is 5.56 Å². The molecule has 1 fully saturated rings. The van der Waals surface area contributed by atoms with Crippen LogP contribution in [0.25, 0.3) is 27.6 Å². The lowest BCUT2D eigenvalue weighted by Gasteiger charge is -2.28. The van der Waals surface area contributed by atoms with Gasteiger partial charge in [-0.15, -0.1) is 5.10 Å². The largest absolute Gasteiger partial charge is 0.264 e. The second kappa shape index (κ2) is 7.33. The Kier molecular flexibility index (Phi) is 4.52. The summed E-state index contributed by atoms with van der Waals surface area (Å²) in [4.78, 5) is 10.6. The topological polar surface area (TPSA) is 81.9 Å². The summed E-state index contributed by atoms with van der Waals surface area (Å²) in [5.74, 6) is 0.